The minimum Gasteiger partial charge on any atom is -0.352 e. The number of hydrogen-bond donors (Lipinski definition) is 1. The summed E-state index contributed by atoms with van der Waals surface area (Å²) in [5, 5.41) is 4.97. The highest BCUT2D eigenvalue weighted by Gasteiger charge is 2.05. The molecule has 0 heterocycles. The Labute approximate surface area is 106 Å². The molecule has 0 bridgehead atoms. The van der Waals surface area contributed by atoms with E-state index in [0.717, 1.165) is 17.1 Å². The van der Waals surface area contributed by atoms with Crippen LogP contribution >= 0.6 is 0 Å². The van der Waals surface area contributed by atoms with Crippen molar-refractivity contribution in [3.63, 3.8) is 0 Å². The summed E-state index contributed by atoms with van der Waals surface area (Å²) in [7, 11) is 0. The fourth-order valence-corrected chi connectivity index (χ4v) is 1.82. The van der Waals surface area contributed by atoms with E-state index in [1.165, 1.54) is 0 Å². The first-order chi connectivity index (χ1) is 8.81. The van der Waals surface area contributed by atoms with Gasteiger partial charge in [0.05, 0.1) is 0 Å². The lowest BCUT2D eigenvalue weighted by atomic mass is 10.1. The maximum Gasteiger partial charge on any atom is 0.251 e. The Morgan fingerprint density at radius 3 is 2.67 bits per heavy atom. The molecule has 0 spiro atoms. The Kier molecular flexibility index (Phi) is 4.07. The van der Waals surface area contributed by atoms with Gasteiger partial charge >= 0.3 is 0 Å². The number of fused-ring (bicyclic) bond motifs is 1. The van der Waals surface area contributed by atoms with Crippen molar-refractivity contribution in [3.8, 4) is 0 Å². The second-order valence-corrected chi connectivity index (χ2v) is 4.13. The van der Waals surface area contributed by atoms with E-state index in [4.69, 9.17) is 0 Å². The molecule has 0 fully saturated rings. The van der Waals surface area contributed by atoms with Gasteiger partial charge in [-0.2, -0.15) is 0 Å². The average Bonchev–Trinajstić information content (AvgIpc) is 2.43. The normalized spacial score (nSPS) is 10.2. The van der Waals surface area contributed by atoms with Gasteiger partial charge in [-0.05, 0) is 29.3 Å². The number of unbranched alkanes of at least 4 members (excludes halogenated alkanes) is 1. The molecule has 0 atom stereocenters. The van der Waals surface area contributed by atoms with Crippen LogP contribution in [-0.2, 0) is 4.79 Å². The van der Waals surface area contributed by atoms with Crippen molar-refractivity contribution in [2.24, 2.45) is 0 Å². The highest BCUT2D eigenvalue weighted by Crippen LogP contribution is 2.15. The van der Waals surface area contributed by atoms with Crippen molar-refractivity contribution in [3.05, 3.63) is 48.0 Å². The quantitative estimate of drug-likeness (QED) is 0.646. The first kappa shape index (κ1) is 12.3. The summed E-state index contributed by atoms with van der Waals surface area (Å²) in [6.45, 7) is 0.532. The molecule has 0 aliphatic carbocycles. The van der Waals surface area contributed by atoms with Gasteiger partial charge in [0, 0.05) is 18.5 Å². The second kappa shape index (κ2) is 5.96. The van der Waals surface area contributed by atoms with Gasteiger partial charge in [0.25, 0.3) is 5.91 Å². The van der Waals surface area contributed by atoms with Gasteiger partial charge in [-0.25, -0.2) is 0 Å². The molecule has 2 rings (SSSR count). The largest absolute Gasteiger partial charge is 0.352 e. The average molecular weight is 241 g/mol. The molecular formula is C15H15NO2. The van der Waals surface area contributed by atoms with Gasteiger partial charge in [-0.1, -0.05) is 30.3 Å². The molecule has 0 aliphatic rings. The van der Waals surface area contributed by atoms with Crippen LogP contribution in [0.5, 0.6) is 0 Å². The molecule has 0 aliphatic heterocycles. The summed E-state index contributed by atoms with van der Waals surface area (Å²) >= 11 is 0. The van der Waals surface area contributed by atoms with Crippen LogP contribution in [-0.4, -0.2) is 18.7 Å². The third-order valence-corrected chi connectivity index (χ3v) is 2.80. The number of aldehydes is 1. The molecule has 0 aromatic heterocycles. The number of carbonyl (C=O) groups excluding carboxylic acids is 2. The third kappa shape index (κ3) is 2.94. The van der Waals surface area contributed by atoms with Crippen molar-refractivity contribution >= 4 is 23.0 Å². The van der Waals surface area contributed by atoms with E-state index in [1.54, 1.807) is 0 Å². The Bertz CT molecular complexity index is 563. The Morgan fingerprint density at radius 2 is 1.89 bits per heavy atom. The van der Waals surface area contributed by atoms with Gasteiger partial charge < -0.3 is 10.1 Å². The minimum absolute atomic E-state index is 0.0911. The van der Waals surface area contributed by atoms with Gasteiger partial charge in [0.2, 0.25) is 0 Å². The van der Waals surface area contributed by atoms with Gasteiger partial charge in [-0.15, -0.1) is 0 Å². The maximum atomic E-state index is 11.9. The first-order valence-electron chi connectivity index (χ1n) is 6.02. The number of hydrogen-bond acceptors (Lipinski definition) is 2. The van der Waals surface area contributed by atoms with Crippen LogP contribution in [0.4, 0.5) is 0 Å². The molecule has 0 saturated heterocycles. The third-order valence-electron chi connectivity index (χ3n) is 2.80. The first-order valence-corrected chi connectivity index (χ1v) is 6.02. The zero-order chi connectivity index (χ0) is 12.8. The molecule has 1 N–H and O–H groups in total. The lowest BCUT2D eigenvalue weighted by Gasteiger charge is -2.05. The lowest BCUT2D eigenvalue weighted by molar-refractivity contribution is -0.107. The number of nitrogens with one attached hydrogen (secondary N) is 1. The molecule has 1 amide bonds. The Morgan fingerprint density at radius 1 is 1.11 bits per heavy atom. The topological polar surface area (TPSA) is 46.2 Å². The van der Waals surface area contributed by atoms with E-state index in [1.807, 2.05) is 42.5 Å². The molecule has 0 radical (unpaired) electrons. The summed E-state index contributed by atoms with van der Waals surface area (Å²) in [4.78, 5) is 22.0. The molecule has 18 heavy (non-hydrogen) atoms. The van der Waals surface area contributed by atoms with Crippen molar-refractivity contribution in [2.75, 3.05) is 6.54 Å². The SMILES string of the molecule is O=CCCCNC(=O)c1ccc2ccccc2c1. The van der Waals surface area contributed by atoms with Crippen LogP contribution in [0.1, 0.15) is 23.2 Å². The molecule has 92 valence electrons. The lowest BCUT2D eigenvalue weighted by Crippen LogP contribution is -2.24. The molecular weight excluding hydrogens is 226 g/mol. The second-order valence-electron chi connectivity index (χ2n) is 4.13. The fourth-order valence-electron chi connectivity index (χ4n) is 1.82. The number of benzene rings is 2. The zero-order valence-electron chi connectivity index (χ0n) is 10.1. The molecule has 3 heteroatoms. The predicted molar refractivity (Wildman–Crippen MR) is 71.6 cm³/mol. The van der Waals surface area contributed by atoms with E-state index >= 15 is 0 Å². The maximum absolute atomic E-state index is 11.9. The van der Waals surface area contributed by atoms with E-state index in [9.17, 15) is 9.59 Å². The predicted octanol–water partition coefficient (Wildman–Crippen LogP) is 2.55. The van der Waals surface area contributed by atoms with Gasteiger partial charge in [0.15, 0.2) is 0 Å². The van der Waals surface area contributed by atoms with Crippen molar-refractivity contribution in [1.82, 2.24) is 5.32 Å². The Hall–Kier alpha value is -2.16. The van der Waals surface area contributed by atoms with Crippen LogP contribution in [0, 0.1) is 0 Å². The number of rotatable bonds is 5. The van der Waals surface area contributed by atoms with Crippen LogP contribution in [0.15, 0.2) is 42.5 Å². The van der Waals surface area contributed by atoms with Crippen LogP contribution < -0.4 is 5.32 Å². The highest BCUT2D eigenvalue weighted by atomic mass is 16.1. The van der Waals surface area contributed by atoms with Crippen molar-refractivity contribution < 1.29 is 9.59 Å². The van der Waals surface area contributed by atoms with E-state index in [-0.39, 0.29) is 5.91 Å². The zero-order valence-corrected chi connectivity index (χ0v) is 10.1. The molecule has 0 unspecified atom stereocenters. The van der Waals surface area contributed by atoms with Crippen LogP contribution in [0.3, 0.4) is 0 Å². The smallest absolute Gasteiger partial charge is 0.251 e. The molecule has 2 aromatic carbocycles. The van der Waals surface area contributed by atoms with Crippen molar-refractivity contribution in [1.29, 1.82) is 0 Å². The summed E-state index contributed by atoms with van der Waals surface area (Å²) in [5.74, 6) is -0.0911. The fraction of sp³-hybridized carbons (Fsp3) is 0.200. The van der Waals surface area contributed by atoms with Crippen molar-refractivity contribution in [2.45, 2.75) is 12.8 Å². The monoisotopic (exact) mass is 241 g/mol. The van der Waals surface area contributed by atoms with Crippen LogP contribution in [0.25, 0.3) is 10.8 Å². The highest BCUT2D eigenvalue weighted by molar-refractivity contribution is 5.98. The summed E-state index contributed by atoms with van der Waals surface area (Å²) < 4.78 is 0. The number of amides is 1. The summed E-state index contributed by atoms with van der Waals surface area (Å²) in [5.41, 5.74) is 0.653. The molecule has 2 aromatic rings. The van der Waals surface area contributed by atoms with E-state index in [0.29, 0.717) is 24.9 Å². The minimum atomic E-state index is -0.0911. The standard InChI is InChI=1S/C15H15NO2/c17-10-4-3-9-16-15(18)14-8-7-12-5-1-2-6-13(12)11-14/h1-2,5-8,10-11H,3-4,9H2,(H,16,18). The van der Waals surface area contributed by atoms with Gasteiger partial charge in [0.1, 0.15) is 6.29 Å². The van der Waals surface area contributed by atoms with E-state index in [2.05, 4.69) is 5.32 Å². The molecule has 3 nitrogen and oxygen atoms in total. The van der Waals surface area contributed by atoms with Crippen LogP contribution in [0.2, 0.25) is 0 Å². The Balaban J connectivity index is 2.06. The summed E-state index contributed by atoms with van der Waals surface area (Å²) in [6, 6.07) is 13.6. The summed E-state index contributed by atoms with van der Waals surface area (Å²) in [6.07, 6.45) is 2.03. The number of carbonyl (C=O) groups is 2. The molecule has 0 saturated carbocycles. The van der Waals surface area contributed by atoms with Gasteiger partial charge in [-0.3, -0.25) is 4.79 Å². The van der Waals surface area contributed by atoms with E-state index < -0.39 is 0 Å².